The van der Waals surface area contributed by atoms with Gasteiger partial charge in [0.15, 0.2) is 17.3 Å². The molecule has 0 spiro atoms. The number of carbonyl (C=O) groups is 1. The van der Waals surface area contributed by atoms with Gasteiger partial charge in [-0.05, 0) is 17.7 Å². The number of methoxy groups -OCH3 is 1. The van der Waals surface area contributed by atoms with Crippen molar-refractivity contribution in [2.75, 3.05) is 20.3 Å². The molecule has 2 heterocycles. The van der Waals surface area contributed by atoms with Gasteiger partial charge >= 0.3 is 0 Å². The van der Waals surface area contributed by atoms with Crippen molar-refractivity contribution in [2.45, 2.75) is 36.6 Å². The molecule has 2 aromatic carbocycles. The van der Waals surface area contributed by atoms with Crippen molar-refractivity contribution in [3.05, 3.63) is 41.5 Å². The van der Waals surface area contributed by atoms with E-state index in [1.807, 2.05) is 0 Å². The minimum atomic E-state index is -1.69. The highest BCUT2D eigenvalue weighted by atomic mass is 16.7. The van der Waals surface area contributed by atoms with Gasteiger partial charge in [-0.15, -0.1) is 0 Å². The van der Waals surface area contributed by atoms with E-state index in [2.05, 4.69) is 0 Å². The Hall–Kier alpha value is -3.09. The summed E-state index contributed by atoms with van der Waals surface area (Å²) in [5.41, 5.74) is 0.459. The van der Waals surface area contributed by atoms with Crippen LogP contribution in [0.3, 0.4) is 0 Å². The van der Waals surface area contributed by atoms with Crippen molar-refractivity contribution in [3.63, 3.8) is 0 Å². The number of rotatable bonds is 5. The number of phenols is 2. The molecule has 33 heavy (non-hydrogen) atoms. The van der Waals surface area contributed by atoms with Gasteiger partial charge in [-0.25, -0.2) is 0 Å². The maximum absolute atomic E-state index is 13.2. The van der Waals surface area contributed by atoms with Crippen molar-refractivity contribution in [1.82, 2.24) is 0 Å². The van der Waals surface area contributed by atoms with E-state index < -0.39 is 54.8 Å². The number of benzene rings is 2. The van der Waals surface area contributed by atoms with Gasteiger partial charge in [-0.2, -0.15) is 0 Å². The largest absolute Gasteiger partial charge is 0.508 e. The van der Waals surface area contributed by atoms with E-state index >= 15 is 0 Å². The van der Waals surface area contributed by atoms with Crippen molar-refractivity contribution in [1.29, 1.82) is 0 Å². The average Bonchev–Trinajstić information content (AvgIpc) is 2.80. The number of ketones is 1. The van der Waals surface area contributed by atoms with E-state index in [0.29, 0.717) is 5.56 Å². The fraction of sp³-hybridized carbons (Fsp3) is 0.409. The fourth-order valence-electron chi connectivity index (χ4n) is 3.91. The number of aromatic hydroxyl groups is 2. The van der Waals surface area contributed by atoms with Crippen LogP contribution in [0.5, 0.6) is 28.7 Å². The minimum Gasteiger partial charge on any atom is -0.508 e. The molecule has 178 valence electrons. The molecule has 0 saturated carbocycles. The SMILES string of the molecule is COc1c(O[C@@H]2O[C@H](CO)[C@@H](O)[C@H](O)[C@H]2O)cc2c(c1O)C(=O)[C@@H](c1ccc(O)cc1)CO2. The fourth-order valence-corrected chi connectivity index (χ4v) is 3.91. The summed E-state index contributed by atoms with van der Waals surface area (Å²) in [6.07, 6.45) is -7.65. The number of hydrogen-bond acceptors (Lipinski definition) is 11. The summed E-state index contributed by atoms with van der Waals surface area (Å²) < 4.78 is 21.8. The van der Waals surface area contributed by atoms with Crippen LogP contribution in [0.4, 0.5) is 0 Å². The van der Waals surface area contributed by atoms with E-state index in [9.17, 15) is 35.4 Å². The average molecular weight is 464 g/mol. The van der Waals surface area contributed by atoms with Crippen LogP contribution in [0.2, 0.25) is 0 Å². The van der Waals surface area contributed by atoms with E-state index in [1.54, 1.807) is 12.1 Å². The molecule has 4 rings (SSSR count). The Morgan fingerprint density at radius 3 is 2.39 bits per heavy atom. The molecule has 0 radical (unpaired) electrons. The third kappa shape index (κ3) is 4.05. The molecule has 2 aromatic rings. The molecule has 2 aliphatic heterocycles. The van der Waals surface area contributed by atoms with Gasteiger partial charge in [0.1, 0.15) is 48.1 Å². The van der Waals surface area contributed by atoms with E-state index in [4.69, 9.17) is 18.9 Å². The molecule has 1 fully saturated rings. The second kappa shape index (κ2) is 9.04. The lowest BCUT2D eigenvalue weighted by molar-refractivity contribution is -0.277. The number of carbonyl (C=O) groups excluding carboxylic acids is 1. The van der Waals surface area contributed by atoms with Crippen molar-refractivity contribution < 1.29 is 54.4 Å². The second-order valence-electron chi connectivity index (χ2n) is 7.76. The number of phenolic OH excluding ortho intramolecular Hbond substituents is 2. The third-order valence-electron chi connectivity index (χ3n) is 5.74. The van der Waals surface area contributed by atoms with Gasteiger partial charge in [0, 0.05) is 6.07 Å². The smallest absolute Gasteiger partial charge is 0.229 e. The zero-order chi connectivity index (χ0) is 23.9. The van der Waals surface area contributed by atoms with Gasteiger partial charge < -0.3 is 49.6 Å². The lowest BCUT2D eigenvalue weighted by Gasteiger charge is -2.39. The van der Waals surface area contributed by atoms with Gasteiger partial charge in [0.2, 0.25) is 12.0 Å². The topological polar surface area (TPSA) is 175 Å². The summed E-state index contributed by atoms with van der Waals surface area (Å²) in [6, 6.07) is 7.32. The Balaban J connectivity index is 1.66. The summed E-state index contributed by atoms with van der Waals surface area (Å²) in [7, 11) is 1.23. The van der Waals surface area contributed by atoms with E-state index in [-0.39, 0.29) is 35.2 Å². The summed E-state index contributed by atoms with van der Waals surface area (Å²) in [6.45, 7) is -0.685. The molecule has 1 saturated heterocycles. The zero-order valence-corrected chi connectivity index (χ0v) is 17.5. The van der Waals surface area contributed by atoms with E-state index in [0.717, 1.165) is 0 Å². The number of ether oxygens (including phenoxy) is 4. The lowest BCUT2D eigenvalue weighted by atomic mass is 9.88. The first-order valence-electron chi connectivity index (χ1n) is 10.1. The Kier molecular flexibility index (Phi) is 6.32. The van der Waals surface area contributed by atoms with Crippen LogP contribution in [0.15, 0.2) is 30.3 Å². The molecule has 0 aliphatic carbocycles. The predicted octanol–water partition coefficient (Wildman–Crippen LogP) is -0.356. The lowest BCUT2D eigenvalue weighted by Crippen LogP contribution is -2.60. The summed E-state index contributed by atoms with van der Waals surface area (Å²) in [5.74, 6) is -2.06. The van der Waals surface area contributed by atoms with Crippen LogP contribution in [0.25, 0.3) is 0 Å². The molecule has 11 heteroatoms. The minimum absolute atomic E-state index is 0.00733. The van der Waals surface area contributed by atoms with Crippen molar-refractivity contribution in [2.24, 2.45) is 0 Å². The van der Waals surface area contributed by atoms with E-state index in [1.165, 1.54) is 25.3 Å². The quantitative estimate of drug-likeness (QED) is 0.341. The molecule has 0 amide bonds. The molecular weight excluding hydrogens is 440 g/mol. The summed E-state index contributed by atoms with van der Waals surface area (Å²) in [4.78, 5) is 13.2. The first kappa shape index (κ1) is 23.1. The highest BCUT2D eigenvalue weighted by Crippen LogP contribution is 2.48. The van der Waals surface area contributed by atoms with Crippen LogP contribution in [-0.4, -0.2) is 87.5 Å². The number of Topliss-reactive ketones (excluding diaryl/α,β-unsaturated/α-hetero) is 1. The molecule has 0 bridgehead atoms. The molecular formula is C22H24O11. The van der Waals surface area contributed by atoms with Crippen LogP contribution in [-0.2, 0) is 4.74 Å². The molecule has 6 atom stereocenters. The highest BCUT2D eigenvalue weighted by Gasteiger charge is 2.45. The van der Waals surface area contributed by atoms with Gasteiger partial charge in [-0.1, -0.05) is 12.1 Å². The highest BCUT2D eigenvalue weighted by molar-refractivity contribution is 6.07. The number of hydrogen-bond donors (Lipinski definition) is 6. The van der Waals surface area contributed by atoms with Gasteiger partial charge in [-0.3, -0.25) is 4.79 Å². The maximum atomic E-state index is 13.2. The molecule has 2 aliphatic rings. The normalized spacial score (nSPS) is 29.2. The summed E-state index contributed by atoms with van der Waals surface area (Å²) >= 11 is 0. The van der Waals surface area contributed by atoms with Crippen LogP contribution >= 0.6 is 0 Å². The third-order valence-corrected chi connectivity index (χ3v) is 5.74. The zero-order valence-electron chi connectivity index (χ0n) is 17.5. The van der Waals surface area contributed by atoms with Gasteiger partial charge in [0.05, 0.1) is 19.6 Å². The standard InChI is InChI=1S/C22H24O11/c1-30-21-13(32-22-20(29)19(28)17(26)14(7-23)33-22)6-12-15(18(21)27)16(25)11(8-31-12)9-2-4-10(24)5-3-9/h2-6,11,14,17,19-20,22-24,26-29H,7-8H2,1H3/t11-,14-,17-,19+,20-,22-/m1/s1. The van der Waals surface area contributed by atoms with Crippen LogP contribution < -0.4 is 14.2 Å². The Morgan fingerprint density at radius 1 is 1.06 bits per heavy atom. The summed E-state index contributed by atoms with van der Waals surface area (Å²) in [5, 5.41) is 59.8. The Morgan fingerprint density at radius 2 is 1.76 bits per heavy atom. The second-order valence-corrected chi connectivity index (χ2v) is 7.76. The maximum Gasteiger partial charge on any atom is 0.229 e. The van der Waals surface area contributed by atoms with Crippen LogP contribution in [0.1, 0.15) is 21.8 Å². The van der Waals surface area contributed by atoms with Gasteiger partial charge in [0.25, 0.3) is 0 Å². The molecule has 6 N–H and O–H groups in total. The Labute approximate surface area is 188 Å². The first-order chi connectivity index (χ1) is 15.8. The van der Waals surface area contributed by atoms with Crippen molar-refractivity contribution >= 4 is 5.78 Å². The molecule has 0 unspecified atom stereocenters. The number of fused-ring (bicyclic) bond motifs is 1. The van der Waals surface area contributed by atoms with Crippen molar-refractivity contribution in [3.8, 4) is 28.7 Å². The number of aliphatic hydroxyl groups excluding tert-OH is 4. The molecule has 0 aromatic heterocycles. The first-order valence-corrected chi connectivity index (χ1v) is 10.1. The van der Waals surface area contributed by atoms with Crippen LogP contribution in [0, 0.1) is 0 Å². The predicted molar refractivity (Wildman–Crippen MR) is 110 cm³/mol. The Bertz CT molecular complexity index is 1020. The monoisotopic (exact) mass is 464 g/mol. The molecule has 11 nitrogen and oxygen atoms in total. The number of aliphatic hydroxyl groups is 4.